The molecule has 0 bridgehead atoms. The average molecular weight is 479 g/mol. The van der Waals surface area contributed by atoms with Crippen LogP contribution in [0.15, 0.2) is 23.7 Å². The maximum absolute atomic E-state index is 12.2. The zero-order valence-corrected chi connectivity index (χ0v) is 20.9. The standard InChI is InChI=1S/C25H46N6O3/c1-2-3-4-5-6-7-8-10-20(13-21(11-9-12-32)15-31-25(27)28)14-23(26)18-34-24(33)22-16-29-19-30-17-22/h16-17,19-21,23,32H,2-15,18,26H2,1H3,(H4,27,28,31). The number of hydrogen-bond acceptors (Lipinski definition) is 7. The van der Waals surface area contributed by atoms with Crippen LogP contribution in [0.25, 0.3) is 0 Å². The van der Waals surface area contributed by atoms with Gasteiger partial charge in [0.1, 0.15) is 12.9 Å². The van der Waals surface area contributed by atoms with Gasteiger partial charge in [0.15, 0.2) is 5.96 Å². The quantitative estimate of drug-likeness (QED) is 0.0960. The highest BCUT2D eigenvalue weighted by atomic mass is 16.5. The highest BCUT2D eigenvalue weighted by Gasteiger charge is 2.20. The molecule has 0 radical (unpaired) electrons. The first kappa shape index (κ1) is 29.8. The van der Waals surface area contributed by atoms with Crippen LogP contribution in [-0.2, 0) is 4.74 Å². The van der Waals surface area contributed by atoms with E-state index in [1.165, 1.54) is 57.2 Å². The van der Waals surface area contributed by atoms with Crippen LogP contribution >= 0.6 is 0 Å². The van der Waals surface area contributed by atoms with E-state index in [4.69, 9.17) is 21.9 Å². The molecular formula is C25H46N6O3. The van der Waals surface area contributed by atoms with Gasteiger partial charge in [-0.2, -0.15) is 0 Å². The maximum atomic E-state index is 12.2. The molecule has 0 saturated carbocycles. The molecule has 194 valence electrons. The number of ether oxygens (including phenoxy) is 1. The van der Waals surface area contributed by atoms with Crippen LogP contribution in [0, 0.1) is 11.8 Å². The van der Waals surface area contributed by atoms with Crippen molar-refractivity contribution in [2.24, 2.45) is 34.0 Å². The van der Waals surface area contributed by atoms with Crippen molar-refractivity contribution in [1.29, 1.82) is 0 Å². The van der Waals surface area contributed by atoms with Crippen LogP contribution in [0.4, 0.5) is 0 Å². The second kappa shape index (κ2) is 19.1. The third-order valence-electron chi connectivity index (χ3n) is 6.05. The molecule has 3 unspecified atom stereocenters. The minimum Gasteiger partial charge on any atom is -0.460 e. The lowest BCUT2D eigenvalue weighted by Crippen LogP contribution is -2.31. The van der Waals surface area contributed by atoms with E-state index in [1.54, 1.807) is 0 Å². The Labute approximate surface area is 205 Å². The van der Waals surface area contributed by atoms with Crippen molar-refractivity contribution in [3.05, 3.63) is 24.3 Å². The van der Waals surface area contributed by atoms with E-state index in [-0.39, 0.29) is 31.1 Å². The van der Waals surface area contributed by atoms with Crippen LogP contribution in [0.5, 0.6) is 0 Å². The molecule has 34 heavy (non-hydrogen) atoms. The largest absolute Gasteiger partial charge is 0.460 e. The molecule has 9 heteroatoms. The molecule has 0 aliphatic heterocycles. The van der Waals surface area contributed by atoms with Gasteiger partial charge in [-0.3, -0.25) is 4.99 Å². The molecule has 0 aliphatic carbocycles. The fourth-order valence-corrected chi connectivity index (χ4v) is 4.26. The Morgan fingerprint density at radius 2 is 1.65 bits per heavy atom. The Morgan fingerprint density at radius 3 is 2.29 bits per heavy atom. The number of unbranched alkanes of at least 4 members (excludes halogenated alkanes) is 6. The van der Waals surface area contributed by atoms with Crippen molar-refractivity contribution in [3.8, 4) is 0 Å². The first-order valence-electron chi connectivity index (χ1n) is 12.8. The number of nitrogens with zero attached hydrogens (tertiary/aromatic N) is 3. The number of esters is 1. The molecule has 0 saturated heterocycles. The molecule has 7 N–H and O–H groups in total. The van der Waals surface area contributed by atoms with Crippen LogP contribution in [0.1, 0.15) is 94.3 Å². The van der Waals surface area contributed by atoms with E-state index in [1.807, 2.05) is 0 Å². The second-order valence-electron chi connectivity index (χ2n) is 9.23. The summed E-state index contributed by atoms with van der Waals surface area (Å²) in [7, 11) is 0. The highest BCUT2D eigenvalue weighted by molar-refractivity contribution is 5.88. The summed E-state index contributed by atoms with van der Waals surface area (Å²) in [6.45, 7) is 3.08. The summed E-state index contributed by atoms with van der Waals surface area (Å²) >= 11 is 0. The fourth-order valence-electron chi connectivity index (χ4n) is 4.26. The zero-order valence-electron chi connectivity index (χ0n) is 20.9. The lowest BCUT2D eigenvalue weighted by atomic mass is 9.84. The number of aromatic nitrogens is 2. The van der Waals surface area contributed by atoms with Crippen LogP contribution in [0.3, 0.4) is 0 Å². The van der Waals surface area contributed by atoms with Gasteiger partial charge in [0.2, 0.25) is 0 Å². The smallest absolute Gasteiger partial charge is 0.341 e. The lowest BCUT2D eigenvalue weighted by Gasteiger charge is -2.25. The van der Waals surface area contributed by atoms with Crippen LogP contribution in [0.2, 0.25) is 0 Å². The number of carbonyl (C=O) groups is 1. The number of hydrogen-bond donors (Lipinski definition) is 4. The summed E-state index contributed by atoms with van der Waals surface area (Å²) in [6, 6.07) is -0.260. The minimum absolute atomic E-state index is 0.0890. The SMILES string of the molecule is CCCCCCCCCC(CC(N)COC(=O)c1cncnc1)CC(CCCO)CN=C(N)N. The van der Waals surface area contributed by atoms with E-state index in [9.17, 15) is 9.90 Å². The van der Waals surface area contributed by atoms with Crippen molar-refractivity contribution in [1.82, 2.24) is 9.97 Å². The zero-order chi connectivity index (χ0) is 25.0. The van der Waals surface area contributed by atoms with E-state index in [0.29, 0.717) is 18.0 Å². The summed E-state index contributed by atoms with van der Waals surface area (Å²) in [4.78, 5) is 24.1. The van der Waals surface area contributed by atoms with E-state index >= 15 is 0 Å². The Balaban J connectivity index is 2.62. The Kier molecular flexibility index (Phi) is 16.7. The van der Waals surface area contributed by atoms with E-state index in [0.717, 1.165) is 38.5 Å². The Morgan fingerprint density at radius 1 is 1.00 bits per heavy atom. The molecule has 0 aliphatic rings. The van der Waals surface area contributed by atoms with E-state index in [2.05, 4.69) is 21.9 Å². The Hall–Kier alpha value is -2.26. The van der Waals surface area contributed by atoms with Crippen molar-refractivity contribution in [2.45, 2.75) is 90.0 Å². The molecule has 0 aromatic carbocycles. The van der Waals surface area contributed by atoms with Crippen LogP contribution < -0.4 is 17.2 Å². The average Bonchev–Trinajstić information content (AvgIpc) is 2.83. The van der Waals surface area contributed by atoms with Gasteiger partial charge < -0.3 is 27.0 Å². The topological polar surface area (TPSA) is 163 Å². The third-order valence-corrected chi connectivity index (χ3v) is 6.05. The maximum Gasteiger partial charge on any atom is 0.341 e. The Bertz CT molecular complexity index is 670. The normalized spacial score (nSPS) is 13.7. The number of guanidine groups is 1. The third kappa shape index (κ3) is 14.8. The van der Waals surface area contributed by atoms with Gasteiger partial charge in [-0.05, 0) is 37.5 Å². The molecule has 1 aromatic rings. The summed E-state index contributed by atoms with van der Waals surface area (Å²) in [5.74, 6) is 0.279. The predicted octanol–water partition coefficient (Wildman–Crippen LogP) is 3.16. The van der Waals surface area contributed by atoms with Gasteiger partial charge in [-0.25, -0.2) is 14.8 Å². The summed E-state index contributed by atoms with van der Waals surface area (Å²) in [5, 5.41) is 9.29. The number of carbonyl (C=O) groups excluding carboxylic acids is 1. The summed E-state index contributed by atoms with van der Waals surface area (Å²) in [5.41, 5.74) is 17.8. The molecule has 0 amide bonds. The second-order valence-corrected chi connectivity index (χ2v) is 9.23. The first-order chi connectivity index (χ1) is 16.5. The van der Waals surface area contributed by atoms with Gasteiger partial charge in [0.05, 0.1) is 5.56 Å². The van der Waals surface area contributed by atoms with Crippen molar-refractivity contribution < 1.29 is 14.6 Å². The van der Waals surface area contributed by atoms with Gasteiger partial charge in [0, 0.05) is 31.6 Å². The molecule has 0 spiro atoms. The van der Waals surface area contributed by atoms with Gasteiger partial charge >= 0.3 is 5.97 Å². The molecule has 3 atom stereocenters. The molecular weight excluding hydrogens is 432 g/mol. The monoisotopic (exact) mass is 478 g/mol. The fraction of sp³-hybridized carbons (Fsp3) is 0.760. The van der Waals surface area contributed by atoms with Gasteiger partial charge in [-0.15, -0.1) is 0 Å². The predicted molar refractivity (Wildman–Crippen MR) is 136 cm³/mol. The van der Waals surface area contributed by atoms with Crippen LogP contribution in [-0.4, -0.2) is 52.8 Å². The van der Waals surface area contributed by atoms with E-state index < -0.39 is 5.97 Å². The highest BCUT2D eigenvalue weighted by Crippen LogP contribution is 2.27. The summed E-state index contributed by atoms with van der Waals surface area (Å²) < 4.78 is 5.39. The summed E-state index contributed by atoms with van der Waals surface area (Å²) in [6.07, 6.45) is 17.4. The number of rotatable bonds is 20. The molecule has 1 aromatic heterocycles. The number of aliphatic hydroxyl groups is 1. The number of aliphatic hydroxyl groups excluding tert-OH is 1. The molecule has 9 nitrogen and oxygen atoms in total. The molecule has 0 fully saturated rings. The van der Waals surface area contributed by atoms with Gasteiger partial charge in [0.25, 0.3) is 0 Å². The molecule has 1 heterocycles. The van der Waals surface area contributed by atoms with Gasteiger partial charge in [-0.1, -0.05) is 58.3 Å². The number of nitrogens with two attached hydrogens (primary N) is 3. The van der Waals surface area contributed by atoms with Crippen molar-refractivity contribution >= 4 is 11.9 Å². The number of aliphatic imine (C=N–C) groups is 1. The molecule has 1 rings (SSSR count). The van der Waals surface area contributed by atoms with Crippen molar-refractivity contribution in [3.63, 3.8) is 0 Å². The first-order valence-corrected chi connectivity index (χ1v) is 12.8. The van der Waals surface area contributed by atoms with Crippen molar-refractivity contribution in [2.75, 3.05) is 19.8 Å². The minimum atomic E-state index is -0.465. The lowest BCUT2D eigenvalue weighted by molar-refractivity contribution is 0.0466.